The average Bonchev–Trinajstić information content (AvgIpc) is 2.93. The van der Waals surface area contributed by atoms with E-state index in [2.05, 4.69) is 29.6 Å². The molecule has 2 aliphatic heterocycles. The van der Waals surface area contributed by atoms with Crippen molar-refractivity contribution < 1.29 is 4.79 Å². The van der Waals surface area contributed by atoms with E-state index in [1.807, 2.05) is 11.8 Å². The van der Waals surface area contributed by atoms with Crippen LogP contribution in [0.2, 0.25) is 0 Å². The third-order valence-corrected chi connectivity index (χ3v) is 7.31. The van der Waals surface area contributed by atoms with E-state index in [0.29, 0.717) is 17.9 Å². The summed E-state index contributed by atoms with van der Waals surface area (Å²) in [6, 6.07) is 0.418. The third kappa shape index (κ3) is 2.36. The van der Waals surface area contributed by atoms with Crippen LogP contribution in [0.4, 0.5) is 0 Å². The van der Waals surface area contributed by atoms with Gasteiger partial charge in [0.15, 0.2) is 0 Å². The first-order valence-corrected chi connectivity index (χ1v) is 9.63. The molecule has 1 amide bonds. The molecule has 3 nitrogen and oxygen atoms in total. The van der Waals surface area contributed by atoms with Gasteiger partial charge in [0, 0.05) is 18.3 Å². The molecule has 0 bridgehead atoms. The van der Waals surface area contributed by atoms with Crippen LogP contribution in [0.15, 0.2) is 29.3 Å². The largest absolute Gasteiger partial charge is 0.353 e. The first-order chi connectivity index (χ1) is 10.8. The van der Waals surface area contributed by atoms with Crippen LogP contribution < -0.4 is 5.32 Å². The molecule has 0 aromatic heterocycles. The first kappa shape index (κ1) is 14.6. The molecule has 1 saturated carbocycles. The van der Waals surface area contributed by atoms with Crippen molar-refractivity contribution in [3.8, 4) is 0 Å². The fourth-order valence-corrected chi connectivity index (χ4v) is 6.27. The molecule has 0 radical (unpaired) electrons. The highest BCUT2D eigenvalue weighted by Gasteiger charge is 2.54. The second-order valence-corrected chi connectivity index (χ2v) is 8.23. The maximum Gasteiger partial charge on any atom is 0.224 e. The van der Waals surface area contributed by atoms with Gasteiger partial charge in [0.25, 0.3) is 0 Å². The number of hydrogen-bond donors (Lipinski definition) is 1. The summed E-state index contributed by atoms with van der Waals surface area (Å²) in [7, 11) is 0. The summed E-state index contributed by atoms with van der Waals surface area (Å²) in [4.78, 5) is 17.6. The van der Waals surface area contributed by atoms with E-state index in [1.54, 1.807) is 0 Å². The highest BCUT2D eigenvalue weighted by atomic mass is 32.2. The highest BCUT2D eigenvalue weighted by Crippen LogP contribution is 2.52. The lowest BCUT2D eigenvalue weighted by Gasteiger charge is -2.38. The van der Waals surface area contributed by atoms with E-state index < -0.39 is 0 Å². The monoisotopic (exact) mass is 316 g/mol. The lowest BCUT2D eigenvalue weighted by atomic mass is 9.74. The van der Waals surface area contributed by atoms with Crippen LogP contribution in [0, 0.1) is 11.8 Å². The highest BCUT2D eigenvalue weighted by molar-refractivity contribution is 8.02. The first-order valence-electron chi connectivity index (χ1n) is 8.65. The molecule has 0 aromatic rings. The van der Waals surface area contributed by atoms with E-state index in [0.717, 1.165) is 31.6 Å². The smallest absolute Gasteiger partial charge is 0.224 e. The molecule has 2 fully saturated rings. The van der Waals surface area contributed by atoms with Gasteiger partial charge in [0.2, 0.25) is 5.91 Å². The number of amides is 1. The molecule has 3 atom stereocenters. The summed E-state index contributed by atoms with van der Waals surface area (Å²) in [6.07, 6.45) is 15.9. The Morgan fingerprint density at radius 3 is 2.95 bits per heavy atom. The van der Waals surface area contributed by atoms with E-state index in [9.17, 15) is 4.79 Å². The van der Waals surface area contributed by atoms with Gasteiger partial charge in [-0.2, -0.15) is 0 Å². The minimum Gasteiger partial charge on any atom is -0.353 e. The van der Waals surface area contributed by atoms with E-state index >= 15 is 0 Å². The summed E-state index contributed by atoms with van der Waals surface area (Å²) in [5.41, 5.74) is 1.18. The van der Waals surface area contributed by atoms with E-state index in [1.165, 1.54) is 25.0 Å². The zero-order valence-corrected chi connectivity index (χ0v) is 13.8. The van der Waals surface area contributed by atoms with Crippen LogP contribution in [0.1, 0.15) is 38.5 Å². The van der Waals surface area contributed by atoms with Crippen LogP contribution in [-0.4, -0.2) is 34.7 Å². The Bertz CT molecular complexity index is 547. The molecule has 4 heteroatoms. The Hall–Kier alpha value is -1.03. The summed E-state index contributed by atoms with van der Waals surface area (Å²) >= 11 is 1.93. The lowest BCUT2D eigenvalue weighted by molar-refractivity contribution is -0.126. The van der Waals surface area contributed by atoms with E-state index in [-0.39, 0.29) is 10.7 Å². The Balaban J connectivity index is 1.50. The molecule has 3 unspecified atom stereocenters. The van der Waals surface area contributed by atoms with Crippen molar-refractivity contribution in [1.29, 1.82) is 0 Å². The number of carbonyl (C=O) groups excluding carboxylic acids is 1. The minimum atomic E-state index is -0.0262. The Kier molecular flexibility index (Phi) is 3.89. The molecule has 0 aromatic carbocycles. The molecule has 1 spiro atoms. The van der Waals surface area contributed by atoms with Crippen molar-refractivity contribution in [2.45, 2.75) is 49.3 Å². The van der Waals surface area contributed by atoms with Gasteiger partial charge in [0.05, 0.1) is 16.4 Å². The van der Waals surface area contributed by atoms with Gasteiger partial charge in [0.1, 0.15) is 0 Å². The lowest BCUT2D eigenvalue weighted by Crippen LogP contribution is -2.48. The average molecular weight is 316 g/mol. The predicted octanol–water partition coefficient (Wildman–Crippen LogP) is 3.12. The van der Waals surface area contributed by atoms with Crippen LogP contribution in [0.5, 0.6) is 0 Å². The quantitative estimate of drug-likeness (QED) is 0.850. The zero-order valence-electron chi connectivity index (χ0n) is 13.0. The molecule has 4 aliphatic rings. The number of aliphatic imine (C=N–C) groups is 1. The topological polar surface area (TPSA) is 41.5 Å². The third-order valence-electron chi connectivity index (χ3n) is 5.66. The van der Waals surface area contributed by atoms with Crippen molar-refractivity contribution in [3.05, 3.63) is 24.3 Å². The van der Waals surface area contributed by atoms with Gasteiger partial charge in [-0.1, -0.05) is 37.5 Å². The Labute approximate surface area is 136 Å². The second-order valence-electron chi connectivity index (χ2n) is 6.93. The fourth-order valence-electron chi connectivity index (χ4n) is 4.48. The number of nitrogens with one attached hydrogen (secondary N) is 1. The maximum atomic E-state index is 12.8. The fraction of sp³-hybridized carbons (Fsp3) is 0.667. The number of allylic oxidation sites excluding steroid dienone is 3. The van der Waals surface area contributed by atoms with E-state index in [4.69, 9.17) is 4.99 Å². The van der Waals surface area contributed by atoms with Crippen LogP contribution >= 0.6 is 11.8 Å². The number of carbonyl (C=O) groups is 1. The van der Waals surface area contributed by atoms with Crippen molar-refractivity contribution in [2.75, 3.05) is 12.3 Å². The molecule has 1 saturated heterocycles. The zero-order chi connectivity index (χ0) is 15.0. The van der Waals surface area contributed by atoms with Gasteiger partial charge in [-0.15, -0.1) is 11.8 Å². The van der Waals surface area contributed by atoms with Crippen molar-refractivity contribution in [3.63, 3.8) is 0 Å². The summed E-state index contributed by atoms with van der Waals surface area (Å²) in [6.45, 7) is 0.869. The Morgan fingerprint density at radius 2 is 2.09 bits per heavy atom. The van der Waals surface area contributed by atoms with Crippen LogP contribution in [0.25, 0.3) is 0 Å². The molecular weight excluding hydrogens is 292 g/mol. The SMILES string of the molecule is O=C(NC1CCCCC1)C1CSC23C=CC=CC2=NCCC13. The molecule has 118 valence electrons. The number of nitrogens with zero attached hydrogens (tertiary/aromatic N) is 1. The summed E-state index contributed by atoms with van der Waals surface area (Å²) < 4.78 is -0.0262. The standard InChI is InChI=1S/C18H24N2OS/c21-17(20-13-6-2-1-3-7-13)14-12-22-18-10-5-4-8-16(18)19-11-9-15(14)18/h4-5,8,10,13-15H,1-3,6-7,9,11-12H2,(H,20,21). The maximum absolute atomic E-state index is 12.8. The van der Waals surface area contributed by atoms with Gasteiger partial charge in [-0.3, -0.25) is 9.79 Å². The molecule has 2 heterocycles. The van der Waals surface area contributed by atoms with Gasteiger partial charge in [-0.25, -0.2) is 0 Å². The van der Waals surface area contributed by atoms with Gasteiger partial charge in [-0.05, 0) is 31.3 Å². The Morgan fingerprint density at radius 1 is 1.23 bits per heavy atom. The molecule has 2 aliphatic carbocycles. The number of thioether (sulfide) groups is 1. The molecular formula is C18H24N2OS. The van der Waals surface area contributed by atoms with Crippen molar-refractivity contribution >= 4 is 23.4 Å². The van der Waals surface area contributed by atoms with Crippen molar-refractivity contribution in [1.82, 2.24) is 5.32 Å². The summed E-state index contributed by atoms with van der Waals surface area (Å²) in [5.74, 6) is 1.79. The van der Waals surface area contributed by atoms with Gasteiger partial charge < -0.3 is 5.32 Å². The van der Waals surface area contributed by atoms with Crippen LogP contribution in [-0.2, 0) is 4.79 Å². The van der Waals surface area contributed by atoms with Crippen LogP contribution in [0.3, 0.4) is 0 Å². The molecule has 22 heavy (non-hydrogen) atoms. The summed E-state index contributed by atoms with van der Waals surface area (Å²) in [5, 5.41) is 3.35. The normalized spacial score (nSPS) is 37.4. The second kappa shape index (κ2) is 5.88. The number of hydrogen-bond acceptors (Lipinski definition) is 3. The predicted molar refractivity (Wildman–Crippen MR) is 92.4 cm³/mol. The molecule has 4 rings (SSSR count). The minimum absolute atomic E-state index is 0.0262. The van der Waals surface area contributed by atoms with Gasteiger partial charge >= 0.3 is 0 Å². The number of rotatable bonds is 2. The molecule has 1 N–H and O–H groups in total. The van der Waals surface area contributed by atoms with Crippen molar-refractivity contribution in [2.24, 2.45) is 16.8 Å².